The SMILES string of the molecule is Cc1ccc(N=C2NN3C(=O)/C(=C/c4ccccc4)N=C3N2c2ccccc2)cc1. The van der Waals surface area contributed by atoms with Crippen molar-refractivity contribution in [3.63, 3.8) is 0 Å². The molecule has 2 aliphatic heterocycles. The van der Waals surface area contributed by atoms with Gasteiger partial charge in [-0.3, -0.25) is 10.2 Å². The molecular weight excluding hydrogens is 374 g/mol. The second-order valence-corrected chi connectivity index (χ2v) is 7.05. The van der Waals surface area contributed by atoms with Gasteiger partial charge in [0.25, 0.3) is 5.91 Å². The van der Waals surface area contributed by atoms with Gasteiger partial charge in [0.15, 0.2) is 0 Å². The number of amides is 1. The highest BCUT2D eigenvalue weighted by Crippen LogP contribution is 2.28. The Kier molecular flexibility index (Phi) is 4.37. The molecular formula is C24H19N5O. The number of aryl methyl sites for hydroxylation is 1. The molecule has 0 unspecified atom stereocenters. The fourth-order valence-electron chi connectivity index (χ4n) is 3.34. The van der Waals surface area contributed by atoms with Crippen LogP contribution < -0.4 is 10.3 Å². The van der Waals surface area contributed by atoms with E-state index in [-0.39, 0.29) is 5.91 Å². The number of guanidine groups is 2. The van der Waals surface area contributed by atoms with Crippen molar-refractivity contribution in [1.82, 2.24) is 10.4 Å². The van der Waals surface area contributed by atoms with Gasteiger partial charge < -0.3 is 0 Å². The zero-order valence-corrected chi connectivity index (χ0v) is 16.4. The molecule has 1 amide bonds. The number of nitrogens with zero attached hydrogens (tertiary/aromatic N) is 4. The van der Waals surface area contributed by atoms with Crippen molar-refractivity contribution in [3.8, 4) is 0 Å². The Bertz CT molecular complexity index is 1180. The fourth-order valence-corrected chi connectivity index (χ4v) is 3.34. The molecule has 0 aromatic heterocycles. The van der Waals surface area contributed by atoms with Gasteiger partial charge in [-0.2, -0.15) is 5.01 Å². The number of para-hydroxylation sites is 1. The van der Waals surface area contributed by atoms with Crippen LogP contribution in [0.3, 0.4) is 0 Å². The number of anilines is 1. The van der Waals surface area contributed by atoms with Crippen molar-refractivity contribution >= 4 is 35.3 Å². The molecule has 2 aliphatic rings. The second-order valence-electron chi connectivity index (χ2n) is 7.05. The molecule has 0 saturated carbocycles. The molecule has 2 heterocycles. The molecule has 0 atom stereocenters. The Hall–Kier alpha value is -4.19. The highest BCUT2D eigenvalue weighted by Gasteiger charge is 2.43. The first-order valence-corrected chi connectivity index (χ1v) is 9.66. The summed E-state index contributed by atoms with van der Waals surface area (Å²) < 4.78 is 0. The maximum atomic E-state index is 13.0. The molecule has 5 rings (SSSR count). The van der Waals surface area contributed by atoms with Gasteiger partial charge in [-0.1, -0.05) is 66.2 Å². The summed E-state index contributed by atoms with van der Waals surface area (Å²) in [5.41, 5.74) is 7.23. The van der Waals surface area contributed by atoms with Crippen molar-refractivity contribution in [1.29, 1.82) is 0 Å². The third-order valence-corrected chi connectivity index (χ3v) is 4.85. The Labute approximate surface area is 174 Å². The molecule has 6 nitrogen and oxygen atoms in total. The van der Waals surface area contributed by atoms with Crippen LogP contribution in [0.4, 0.5) is 11.4 Å². The van der Waals surface area contributed by atoms with Crippen LogP contribution in [0, 0.1) is 6.92 Å². The number of hydrogen-bond donors (Lipinski definition) is 1. The summed E-state index contributed by atoms with van der Waals surface area (Å²) in [5, 5.41) is 1.44. The zero-order valence-electron chi connectivity index (χ0n) is 16.4. The summed E-state index contributed by atoms with van der Waals surface area (Å²) in [6, 6.07) is 27.3. The molecule has 0 aliphatic carbocycles. The van der Waals surface area contributed by atoms with Gasteiger partial charge in [0.05, 0.1) is 11.4 Å². The van der Waals surface area contributed by atoms with Crippen molar-refractivity contribution in [3.05, 3.63) is 102 Å². The van der Waals surface area contributed by atoms with Crippen LogP contribution >= 0.6 is 0 Å². The first-order chi connectivity index (χ1) is 14.7. The van der Waals surface area contributed by atoms with Gasteiger partial charge in [0.2, 0.25) is 11.9 Å². The number of aliphatic imine (C=N–C) groups is 2. The lowest BCUT2D eigenvalue weighted by Crippen LogP contribution is -2.38. The van der Waals surface area contributed by atoms with E-state index < -0.39 is 0 Å². The van der Waals surface area contributed by atoms with Crippen LogP contribution in [0.25, 0.3) is 6.08 Å². The molecule has 0 bridgehead atoms. The minimum atomic E-state index is -0.219. The smallest absolute Gasteiger partial charge is 0.265 e. The van der Waals surface area contributed by atoms with Crippen LogP contribution in [-0.4, -0.2) is 22.8 Å². The number of benzene rings is 3. The van der Waals surface area contributed by atoms with Gasteiger partial charge in [0, 0.05) is 0 Å². The van der Waals surface area contributed by atoms with Crippen molar-refractivity contribution in [2.24, 2.45) is 9.98 Å². The monoisotopic (exact) mass is 393 g/mol. The molecule has 3 aromatic carbocycles. The summed E-state index contributed by atoms with van der Waals surface area (Å²) in [5.74, 6) is 0.791. The van der Waals surface area contributed by atoms with Gasteiger partial charge >= 0.3 is 0 Å². The minimum Gasteiger partial charge on any atom is -0.265 e. The summed E-state index contributed by atoms with van der Waals surface area (Å²) in [6.45, 7) is 2.03. The number of hydrazine groups is 1. The standard InChI is InChI=1S/C24H19N5O/c1-17-12-14-19(15-13-17)25-23-27-29-22(30)21(16-18-8-4-2-5-9-18)26-24(29)28(23)20-10-6-3-7-11-20/h2-16H,1H3,(H,25,27)/b21-16-. The van der Waals surface area contributed by atoms with Crippen LogP contribution in [0.5, 0.6) is 0 Å². The van der Waals surface area contributed by atoms with Crippen molar-refractivity contribution < 1.29 is 4.79 Å². The topological polar surface area (TPSA) is 60.3 Å². The molecule has 146 valence electrons. The lowest BCUT2D eigenvalue weighted by molar-refractivity contribution is -0.123. The highest BCUT2D eigenvalue weighted by atomic mass is 16.2. The Morgan fingerprint density at radius 2 is 1.57 bits per heavy atom. The predicted octanol–water partition coefficient (Wildman–Crippen LogP) is 4.25. The molecule has 0 spiro atoms. The number of carbonyl (C=O) groups excluding carboxylic acids is 1. The Morgan fingerprint density at radius 1 is 0.900 bits per heavy atom. The van der Waals surface area contributed by atoms with Gasteiger partial charge in [-0.25, -0.2) is 14.9 Å². The van der Waals surface area contributed by atoms with Crippen LogP contribution in [0.15, 0.2) is 101 Å². The average molecular weight is 393 g/mol. The van der Waals surface area contributed by atoms with Crippen LogP contribution in [0.2, 0.25) is 0 Å². The van der Waals surface area contributed by atoms with E-state index in [4.69, 9.17) is 4.99 Å². The number of nitrogens with one attached hydrogen (secondary N) is 1. The number of hydrogen-bond acceptors (Lipinski definition) is 3. The Morgan fingerprint density at radius 3 is 2.27 bits per heavy atom. The van der Waals surface area contributed by atoms with Crippen LogP contribution in [0.1, 0.15) is 11.1 Å². The van der Waals surface area contributed by atoms with Gasteiger partial charge in [-0.05, 0) is 42.8 Å². The average Bonchev–Trinajstić information content (AvgIpc) is 3.27. The molecule has 1 fully saturated rings. The lowest BCUT2D eigenvalue weighted by atomic mass is 10.2. The van der Waals surface area contributed by atoms with E-state index in [1.165, 1.54) is 5.01 Å². The minimum absolute atomic E-state index is 0.219. The first-order valence-electron chi connectivity index (χ1n) is 9.66. The third kappa shape index (κ3) is 3.24. The summed E-state index contributed by atoms with van der Waals surface area (Å²) >= 11 is 0. The quantitative estimate of drug-likeness (QED) is 0.677. The normalized spacial score (nSPS) is 18.0. The summed E-state index contributed by atoms with van der Waals surface area (Å²) in [6.07, 6.45) is 1.79. The van der Waals surface area contributed by atoms with Gasteiger partial charge in [0.1, 0.15) is 5.70 Å². The van der Waals surface area contributed by atoms with Crippen molar-refractivity contribution in [2.45, 2.75) is 6.92 Å². The summed E-state index contributed by atoms with van der Waals surface area (Å²) in [4.78, 5) is 24.2. The maximum Gasteiger partial charge on any atom is 0.298 e. The van der Waals surface area contributed by atoms with Gasteiger partial charge in [-0.15, -0.1) is 0 Å². The lowest BCUT2D eigenvalue weighted by Gasteiger charge is -2.16. The van der Waals surface area contributed by atoms with E-state index in [9.17, 15) is 4.79 Å². The molecule has 30 heavy (non-hydrogen) atoms. The van der Waals surface area contributed by atoms with E-state index in [1.54, 1.807) is 6.08 Å². The second kappa shape index (κ2) is 7.33. The van der Waals surface area contributed by atoms with E-state index in [0.717, 1.165) is 22.5 Å². The largest absolute Gasteiger partial charge is 0.298 e. The Balaban J connectivity index is 1.58. The number of rotatable bonds is 3. The molecule has 1 saturated heterocycles. The molecule has 3 aromatic rings. The molecule has 1 N–H and O–H groups in total. The van der Waals surface area contributed by atoms with E-state index in [2.05, 4.69) is 10.4 Å². The highest BCUT2D eigenvalue weighted by molar-refractivity contribution is 6.30. The van der Waals surface area contributed by atoms with Crippen LogP contribution in [-0.2, 0) is 4.79 Å². The maximum absolute atomic E-state index is 13.0. The summed E-state index contributed by atoms with van der Waals surface area (Å²) in [7, 11) is 0. The first kappa shape index (κ1) is 17.9. The molecule has 0 radical (unpaired) electrons. The third-order valence-electron chi connectivity index (χ3n) is 4.85. The van der Waals surface area contributed by atoms with E-state index >= 15 is 0 Å². The predicted molar refractivity (Wildman–Crippen MR) is 119 cm³/mol. The van der Waals surface area contributed by atoms with E-state index in [1.807, 2.05) is 96.8 Å². The number of carbonyl (C=O) groups is 1. The fraction of sp³-hybridized carbons (Fsp3) is 0.0417. The van der Waals surface area contributed by atoms with Crippen molar-refractivity contribution in [2.75, 3.05) is 4.90 Å². The number of fused-ring (bicyclic) bond motifs is 1. The van der Waals surface area contributed by atoms with E-state index in [0.29, 0.717) is 17.6 Å². The molecule has 6 heteroatoms. The zero-order chi connectivity index (χ0) is 20.5.